The second kappa shape index (κ2) is 7.54. The van der Waals surface area contributed by atoms with Crippen LogP contribution in [0.5, 0.6) is 0 Å². The maximum Gasteiger partial charge on any atom is 0.250 e. The molecule has 20 heavy (non-hydrogen) atoms. The molecule has 0 radical (unpaired) electrons. The molecule has 1 aromatic rings. The molecule has 0 saturated heterocycles. The zero-order valence-corrected chi connectivity index (χ0v) is 13.7. The van der Waals surface area contributed by atoms with Gasteiger partial charge in [0.2, 0.25) is 10.0 Å². The van der Waals surface area contributed by atoms with Gasteiger partial charge in [0.05, 0.1) is 0 Å². The minimum Gasteiger partial charge on any atom is -0.317 e. The number of rotatable bonds is 10. The maximum absolute atomic E-state index is 12.1. The van der Waals surface area contributed by atoms with Gasteiger partial charge in [-0.15, -0.1) is 11.3 Å². The molecule has 2 rings (SSSR count). The van der Waals surface area contributed by atoms with E-state index in [0.717, 1.165) is 43.1 Å². The van der Waals surface area contributed by atoms with E-state index in [-0.39, 0.29) is 0 Å². The second-order valence-corrected chi connectivity index (χ2v) is 8.47. The van der Waals surface area contributed by atoms with E-state index in [0.29, 0.717) is 10.8 Å². The molecule has 0 aromatic carbocycles. The standard InChI is InChI=1S/C14H24N2O2S2/c1-2-15-11-9-13-7-8-14(19-13)20(17,18)16-10-3-4-12-5-6-12/h7-8,12,15-16H,2-6,9-11H2,1H3. The first-order valence-corrected chi connectivity index (χ1v) is 9.71. The zero-order chi connectivity index (χ0) is 14.4. The van der Waals surface area contributed by atoms with Crippen LogP contribution in [-0.2, 0) is 16.4 Å². The number of hydrogen-bond donors (Lipinski definition) is 2. The first kappa shape index (κ1) is 15.9. The molecule has 1 aliphatic carbocycles. The van der Waals surface area contributed by atoms with Crippen molar-refractivity contribution >= 4 is 21.4 Å². The molecular formula is C14H24N2O2S2. The monoisotopic (exact) mass is 316 g/mol. The average Bonchev–Trinajstić information content (AvgIpc) is 3.11. The molecule has 1 aromatic heterocycles. The Hall–Kier alpha value is -0.430. The summed E-state index contributed by atoms with van der Waals surface area (Å²) in [7, 11) is -3.30. The Morgan fingerprint density at radius 3 is 2.80 bits per heavy atom. The maximum atomic E-state index is 12.1. The highest BCUT2D eigenvalue weighted by molar-refractivity contribution is 7.91. The van der Waals surface area contributed by atoms with Crippen LogP contribution in [-0.4, -0.2) is 28.1 Å². The Morgan fingerprint density at radius 1 is 1.30 bits per heavy atom. The van der Waals surface area contributed by atoms with Crippen LogP contribution < -0.4 is 10.0 Å². The normalized spacial score (nSPS) is 15.7. The van der Waals surface area contributed by atoms with E-state index in [9.17, 15) is 8.42 Å². The van der Waals surface area contributed by atoms with Crippen molar-refractivity contribution < 1.29 is 8.42 Å². The van der Waals surface area contributed by atoms with Crippen LogP contribution in [0.2, 0.25) is 0 Å². The molecule has 0 spiro atoms. The van der Waals surface area contributed by atoms with E-state index in [1.54, 1.807) is 6.07 Å². The Morgan fingerprint density at radius 2 is 2.10 bits per heavy atom. The highest BCUT2D eigenvalue weighted by Gasteiger charge is 2.21. The highest BCUT2D eigenvalue weighted by Crippen LogP contribution is 2.33. The van der Waals surface area contributed by atoms with Crippen molar-refractivity contribution in [2.45, 2.75) is 43.2 Å². The molecule has 0 amide bonds. The van der Waals surface area contributed by atoms with Gasteiger partial charge in [-0.2, -0.15) is 0 Å². The molecule has 0 atom stereocenters. The smallest absolute Gasteiger partial charge is 0.250 e. The first-order chi connectivity index (χ1) is 9.62. The fourth-order valence-corrected chi connectivity index (χ4v) is 4.57. The Kier molecular flexibility index (Phi) is 6.01. The van der Waals surface area contributed by atoms with Gasteiger partial charge in [0, 0.05) is 11.4 Å². The number of nitrogens with one attached hydrogen (secondary N) is 2. The molecule has 0 bridgehead atoms. The van der Waals surface area contributed by atoms with Crippen LogP contribution in [0, 0.1) is 5.92 Å². The molecule has 4 nitrogen and oxygen atoms in total. The van der Waals surface area contributed by atoms with E-state index >= 15 is 0 Å². The van der Waals surface area contributed by atoms with Crippen molar-refractivity contribution in [2.75, 3.05) is 19.6 Å². The van der Waals surface area contributed by atoms with Crippen LogP contribution in [0.1, 0.15) is 37.5 Å². The third kappa shape index (κ3) is 5.16. The summed E-state index contributed by atoms with van der Waals surface area (Å²) in [6.45, 7) is 4.46. The lowest BCUT2D eigenvalue weighted by atomic mass is 10.2. The van der Waals surface area contributed by atoms with Gasteiger partial charge in [0.25, 0.3) is 0 Å². The second-order valence-electron chi connectivity index (χ2n) is 5.31. The lowest BCUT2D eigenvalue weighted by molar-refractivity contribution is 0.574. The van der Waals surface area contributed by atoms with Crippen LogP contribution >= 0.6 is 11.3 Å². The Bertz CT molecular complexity index is 507. The van der Waals surface area contributed by atoms with E-state index in [1.165, 1.54) is 24.2 Å². The van der Waals surface area contributed by atoms with Crippen LogP contribution in [0.3, 0.4) is 0 Å². The molecule has 0 unspecified atom stereocenters. The summed E-state index contributed by atoms with van der Waals surface area (Å²) in [5, 5.41) is 3.24. The summed E-state index contributed by atoms with van der Waals surface area (Å²) < 4.78 is 27.4. The SMILES string of the molecule is CCNCCc1ccc(S(=O)(=O)NCCCC2CC2)s1. The molecule has 114 valence electrons. The van der Waals surface area contributed by atoms with Crippen molar-refractivity contribution in [1.82, 2.24) is 10.0 Å². The third-order valence-electron chi connectivity index (χ3n) is 3.48. The summed E-state index contributed by atoms with van der Waals surface area (Å²) >= 11 is 1.38. The summed E-state index contributed by atoms with van der Waals surface area (Å²) in [4.78, 5) is 1.12. The van der Waals surface area contributed by atoms with Gasteiger partial charge in [0.15, 0.2) is 0 Å². The van der Waals surface area contributed by atoms with Crippen LogP contribution in [0.25, 0.3) is 0 Å². The zero-order valence-electron chi connectivity index (χ0n) is 12.0. The fourth-order valence-electron chi connectivity index (χ4n) is 2.10. The van der Waals surface area contributed by atoms with Crippen molar-refractivity contribution in [3.05, 3.63) is 17.0 Å². The van der Waals surface area contributed by atoms with Crippen molar-refractivity contribution in [3.8, 4) is 0 Å². The van der Waals surface area contributed by atoms with E-state index in [1.807, 2.05) is 6.07 Å². The van der Waals surface area contributed by atoms with E-state index in [2.05, 4.69) is 17.0 Å². The predicted octanol–water partition coefficient (Wildman–Crippen LogP) is 2.37. The van der Waals surface area contributed by atoms with Crippen molar-refractivity contribution in [3.63, 3.8) is 0 Å². The minimum atomic E-state index is -3.30. The van der Waals surface area contributed by atoms with E-state index < -0.39 is 10.0 Å². The molecule has 0 aliphatic heterocycles. The summed E-state index contributed by atoms with van der Waals surface area (Å²) in [6, 6.07) is 3.63. The quantitative estimate of drug-likeness (QED) is 0.652. The van der Waals surface area contributed by atoms with Crippen LogP contribution in [0.4, 0.5) is 0 Å². The van der Waals surface area contributed by atoms with Gasteiger partial charge < -0.3 is 5.32 Å². The van der Waals surface area contributed by atoms with Gasteiger partial charge in [-0.25, -0.2) is 13.1 Å². The number of sulfonamides is 1. The van der Waals surface area contributed by atoms with Gasteiger partial charge in [-0.05, 0) is 50.4 Å². The van der Waals surface area contributed by atoms with Crippen molar-refractivity contribution in [1.29, 1.82) is 0 Å². The summed E-state index contributed by atoms with van der Waals surface area (Å²) in [5.74, 6) is 0.860. The van der Waals surface area contributed by atoms with E-state index in [4.69, 9.17) is 0 Å². The first-order valence-electron chi connectivity index (χ1n) is 7.41. The molecule has 1 heterocycles. The average molecular weight is 316 g/mol. The largest absolute Gasteiger partial charge is 0.317 e. The lowest BCUT2D eigenvalue weighted by Gasteiger charge is -2.04. The number of thiophene rings is 1. The van der Waals surface area contributed by atoms with Crippen LogP contribution in [0.15, 0.2) is 16.3 Å². The highest BCUT2D eigenvalue weighted by atomic mass is 32.2. The number of likely N-dealkylation sites (N-methyl/N-ethyl adjacent to an activating group) is 1. The predicted molar refractivity (Wildman–Crippen MR) is 83.7 cm³/mol. The fraction of sp³-hybridized carbons (Fsp3) is 0.714. The minimum absolute atomic E-state index is 0.440. The van der Waals surface area contributed by atoms with Gasteiger partial charge >= 0.3 is 0 Å². The third-order valence-corrected chi connectivity index (χ3v) is 6.58. The Labute approximate surface area is 126 Å². The van der Waals surface area contributed by atoms with Gasteiger partial charge in [-0.1, -0.05) is 19.8 Å². The van der Waals surface area contributed by atoms with Crippen molar-refractivity contribution in [2.24, 2.45) is 5.92 Å². The topological polar surface area (TPSA) is 58.2 Å². The lowest BCUT2D eigenvalue weighted by Crippen LogP contribution is -2.24. The molecule has 1 fully saturated rings. The van der Waals surface area contributed by atoms with Gasteiger partial charge in [-0.3, -0.25) is 0 Å². The van der Waals surface area contributed by atoms with Gasteiger partial charge in [0.1, 0.15) is 4.21 Å². The molecule has 2 N–H and O–H groups in total. The molecule has 1 saturated carbocycles. The molecular weight excluding hydrogens is 292 g/mol. The summed E-state index contributed by atoms with van der Waals surface area (Å²) in [6.07, 6.45) is 5.64. The Balaban J connectivity index is 1.78. The molecule has 6 heteroatoms. The molecule has 1 aliphatic rings. The summed E-state index contributed by atoms with van der Waals surface area (Å²) in [5.41, 5.74) is 0. The number of hydrogen-bond acceptors (Lipinski definition) is 4.